The van der Waals surface area contributed by atoms with Crippen molar-refractivity contribution in [1.29, 1.82) is 0 Å². The third kappa shape index (κ3) is 9.94. The van der Waals surface area contributed by atoms with Crippen molar-refractivity contribution >= 4 is 46.1 Å². The maximum Gasteiger partial charge on any atom is 0.324 e. The van der Waals surface area contributed by atoms with Crippen LogP contribution in [-0.4, -0.2) is 50.8 Å². The highest BCUT2D eigenvalue weighted by atomic mass is 16.5. The van der Waals surface area contributed by atoms with Crippen molar-refractivity contribution in [3.63, 3.8) is 0 Å². The summed E-state index contributed by atoms with van der Waals surface area (Å²) in [5.74, 6) is 1.45. The number of urea groups is 2. The minimum absolute atomic E-state index is 0.195. The predicted molar refractivity (Wildman–Crippen MR) is 206 cm³/mol. The van der Waals surface area contributed by atoms with Gasteiger partial charge in [-0.25, -0.2) is 19.3 Å². The normalized spacial score (nSPS) is 10.8. The van der Waals surface area contributed by atoms with Crippen molar-refractivity contribution in [2.75, 3.05) is 29.0 Å². The monoisotopic (exact) mass is 711 g/mol. The Bertz CT molecular complexity index is 2190. The standard InChI is InChI=1S/C40H41N9O4/c1-3-4-7-29-24-37(49(48-29)30-12-10-27(2)11-13-30)47-40(52)45-34-14-15-35(33-9-6-5-8-32(33)34)53-31-19-23-42-36(25-31)46-39(51)44-26-38(50)43-22-18-28-16-20-41-21-17-28/h5-6,8-17,19-21,23-25H,3-4,7,18,22,26H2,1-2H3,(H,43,50)(H2,45,47,52)(H2,42,44,46,51). The number of carbonyl (C=O) groups excluding carboxylic acids is 3. The molecular weight excluding hydrogens is 670 g/mol. The Kier molecular flexibility index (Phi) is 11.9. The van der Waals surface area contributed by atoms with Crippen LogP contribution in [0.1, 0.15) is 36.6 Å². The molecule has 0 atom stereocenters. The first-order valence-electron chi connectivity index (χ1n) is 17.4. The predicted octanol–water partition coefficient (Wildman–Crippen LogP) is 7.38. The Hall–Kier alpha value is -6.76. The Morgan fingerprint density at radius 3 is 2.36 bits per heavy atom. The van der Waals surface area contributed by atoms with Gasteiger partial charge in [0.25, 0.3) is 0 Å². The van der Waals surface area contributed by atoms with E-state index in [0.29, 0.717) is 36.0 Å². The lowest BCUT2D eigenvalue weighted by Crippen LogP contribution is -2.39. The molecule has 0 unspecified atom stereocenters. The average molecular weight is 712 g/mol. The van der Waals surface area contributed by atoms with Gasteiger partial charge in [0.05, 0.1) is 23.6 Å². The van der Waals surface area contributed by atoms with E-state index in [9.17, 15) is 14.4 Å². The lowest BCUT2D eigenvalue weighted by molar-refractivity contribution is -0.120. The molecule has 5 N–H and O–H groups in total. The summed E-state index contributed by atoms with van der Waals surface area (Å²) in [5.41, 5.74) is 4.53. The summed E-state index contributed by atoms with van der Waals surface area (Å²) in [6, 6.07) is 27.0. The number of rotatable bonds is 14. The van der Waals surface area contributed by atoms with E-state index in [2.05, 4.69) is 43.5 Å². The number of benzene rings is 3. The zero-order valence-corrected chi connectivity index (χ0v) is 29.6. The molecule has 53 heavy (non-hydrogen) atoms. The fourth-order valence-electron chi connectivity index (χ4n) is 5.57. The summed E-state index contributed by atoms with van der Waals surface area (Å²) >= 11 is 0. The molecule has 0 bridgehead atoms. The van der Waals surface area contributed by atoms with Crippen molar-refractivity contribution in [3.8, 4) is 17.2 Å². The van der Waals surface area contributed by atoms with Crippen LogP contribution >= 0.6 is 0 Å². The number of unbranched alkanes of at least 4 members (excludes halogenated alkanes) is 1. The molecule has 0 aliphatic heterocycles. The second-order valence-electron chi connectivity index (χ2n) is 12.3. The molecule has 6 rings (SSSR count). The molecule has 0 saturated carbocycles. The van der Waals surface area contributed by atoms with E-state index in [1.54, 1.807) is 41.3 Å². The first kappa shape index (κ1) is 36.0. The van der Waals surface area contributed by atoms with Gasteiger partial charge < -0.3 is 20.7 Å². The summed E-state index contributed by atoms with van der Waals surface area (Å²) in [5, 5.41) is 20.2. The Morgan fingerprint density at radius 2 is 1.57 bits per heavy atom. The van der Waals surface area contributed by atoms with Gasteiger partial charge in [0, 0.05) is 48.0 Å². The zero-order chi connectivity index (χ0) is 37.0. The van der Waals surface area contributed by atoms with Gasteiger partial charge in [-0.3, -0.25) is 20.4 Å². The third-order valence-corrected chi connectivity index (χ3v) is 8.29. The Labute approximate surface area is 307 Å². The molecular formula is C40H41N9O4. The molecule has 3 aromatic carbocycles. The van der Waals surface area contributed by atoms with Gasteiger partial charge in [0.2, 0.25) is 5.91 Å². The molecule has 5 amide bonds. The first-order chi connectivity index (χ1) is 25.8. The van der Waals surface area contributed by atoms with Crippen LogP contribution in [0.4, 0.5) is 26.9 Å². The number of aromatic nitrogens is 4. The first-order valence-corrected chi connectivity index (χ1v) is 17.4. The van der Waals surface area contributed by atoms with Gasteiger partial charge in [-0.05, 0) is 74.2 Å². The highest BCUT2D eigenvalue weighted by Crippen LogP contribution is 2.35. The fourth-order valence-corrected chi connectivity index (χ4v) is 5.57. The summed E-state index contributed by atoms with van der Waals surface area (Å²) in [6.07, 6.45) is 8.42. The second kappa shape index (κ2) is 17.4. The van der Waals surface area contributed by atoms with Crippen LogP contribution in [0, 0.1) is 6.92 Å². The summed E-state index contributed by atoms with van der Waals surface area (Å²) in [7, 11) is 0. The molecule has 13 heteroatoms. The summed E-state index contributed by atoms with van der Waals surface area (Å²) < 4.78 is 7.99. The molecule has 270 valence electrons. The molecule has 0 aliphatic rings. The maximum absolute atomic E-state index is 13.4. The van der Waals surface area contributed by atoms with Gasteiger partial charge in [0.15, 0.2) is 0 Å². The number of hydrogen-bond acceptors (Lipinski definition) is 7. The largest absolute Gasteiger partial charge is 0.457 e. The van der Waals surface area contributed by atoms with Crippen molar-refractivity contribution < 1.29 is 19.1 Å². The van der Waals surface area contributed by atoms with Crippen molar-refractivity contribution in [2.24, 2.45) is 0 Å². The number of nitrogens with zero attached hydrogens (tertiary/aromatic N) is 4. The van der Waals surface area contributed by atoms with Crippen LogP contribution in [0.2, 0.25) is 0 Å². The number of anilines is 3. The number of aryl methyl sites for hydroxylation is 2. The minimum atomic E-state index is -0.586. The minimum Gasteiger partial charge on any atom is -0.457 e. The van der Waals surface area contributed by atoms with Crippen LogP contribution in [-0.2, 0) is 17.6 Å². The zero-order valence-electron chi connectivity index (χ0n) is 29.6. The molecule has 0 radical (unpaired) electrons. The number of amides is 5. The molecule has 3 heterocycles. The smallest absolute Gasteiger partial charge is 0.324 e. The number of ether oxygens (including phenoxy) is 1. The lowest BCUT2D eigenvalue weighted by Gasteiger charge is -2.15. The summed E-state index contributed by atoms with van der Waals surface area (Å²) in [4.78, 5) is 46.3. The van der Waals surface area contributed by atoms with E-state index in [-0.39, 0.29) is 18.3 Å². The molecule has 6 aromatic rings. The number of carbonyl (C=O) groups is 3. The quantitative estimate of drug-likeness (QED) is 0.0787. The Morgan fingerprint density at radius 1 is 0.774 bits per heavy atom. The third-order valence-electron chi connectivity index (χ3n) is 8.29. The van der Waals surface area contributed by atoms with E-state index in [1.807, 2.05) is 73.7 Å². The van der Waals surface area contributed by atoms with Crippen molar-refractivity contribution in [2.45, 2.75) is 39.5 Å². The fraction of sp³-hybridized carbons (Fsp3) is 0.200. The number of hydrogen-bond donors (Lipinski definition) is 5. The SMILES string of the molecule is CCCCc1cc(NC(=O)Nc2ccc(Oc3ccnc(NC(=O)NCC(=O)NCCc4ccncc4)c3)c3ccccc23)n(-c2ccc(C)cc2)n1. The average Bonchev–Trinajstić information content (AvgIpc) is 3.57. The van der Waals surface area contributed by atoms with E-state index >= 15 is 0 Å². The summed E-state index contributed by atoms with van der Waals surface area (Å²) in [6.45, 7) is 4.40. The van der Waals surface area contributed by atoms with E-state index in [1.165, 1.54) is 6.20 Å². The van der Waals surface area contributed by atoms with Gasteiger partial charge in [-0.1, -0.05) is 55.3 Å². The van der Waals surface area contributed by atoms with E-state index < -0.39 is 12.1 Å². The van der Waals surface area contributed by atoms with Crippen molar-refractivity contribution in [1.82, 2.24) is 30.4 Å². The maximum atomic E-state index is 13.4. The number of fused-ring (bicyclic) bond motifs is 1. The van der Waals surface area contributed by atoms with Crippen LogP contribution < -0.4 is 31.3 Å². The molecule has 0 fully saturated rings. The Balaban J connectivity index is 1.08. The van der Waals surface area contributed by atoms with E-state index in [4.69, 9.17) is 9.84 Å². The van der Waals surface area contributed by atoms with Crippen LogP contribution in [0.3, 0.4) is 0 Å². The highest BCUT2D eigenvalue weighted by molar-refractivity contribution is 6.07. The highest BCUT2D eigenvalue weighted by Gasteiger charge is 2.16. The van der Waals surface area contributed by atoms with Gasteiger partial charge >= 0.3 is 12.1 Å². The molecule has 3 aromatic heterocycles. The van der Waals surface area contributed by atoms with Crippen LogP contribution in [0.5, 0.6) is 11.5 Å². The topological polar surface area (TPSA) is 164 Å². The van der Waals surface area contributed by atoms with Crippen molar-refractivity contribution in [3.05, 3.63) is 126 Å². The molecule has 0 aliphatic carbocycles. The molecule has 0 saturated heterocycles. The van der Waals surface area contributed by atoms with Gasteiger partial charge in [-0.15, -0.1) is 0 Å². The number of nitrogens with one attached hydrogen (secondary N) is 5. The van der Waals surface area contributed by atoms with E-state index in [0.717, 1.165) is 52.5 Å². The molecule has 0 spiro atoms. The van der Waals surface area contributed by atoms with Gasteiger partial charge in [0.1, 0.15) is 23.1 Å². The van der Waals surface area contributed by atoms with Crippen LogP contribution in [0.15, 0.2) is 110 Å². The van der Waals surface area contributed by atoms with Gasteiger partial charge in [-0.2, -0.15) is 5.10 Å². The molecule has 13 nitrogen and oxygen atoms in total. The number of pyridine rings is 2. The van der Waals surface area contributed by atoms with Crippen LogP contribution in [0.25, 0.3) is 16.5 Å². The lowest BCUT2D eigenvalue weighted by atomic mass is 10.1. The second-order valence-corrected chi connectivity index (χ2v) is 12.3.